The largest absolute Gasteiger partial charge is 0.380 e. The van der Waals surface area contributed by atoms with Crippen LogP contribution >= 0.6 is 15.9 Å². The summed E-state index contributed by atoms with van der Waals surface area (Å²) in [6, 6.07) is 8.40. The molecule has 0 saturated heterocycles. The molecule has 2 rings (SSSR count). The summed E-state index contributed by atoms with van der Waals surface area (Å²) in [6.07, 6.45) is 3.42. The van der Waals surface area contributed by atoms with Gasteiger partial charge in [0.1, 0.15) is 5.82 Å². The quantitative estimate of drug-likeness (QED) is 0.929. The Hall–Kier alpha value is -1.42. The third-order valence-corrected chi connectivity index (χ3v) is 2.78. The lowest BCUT2D eigenvalue weighted by Gasteiger charge is -2.07. The Morgan fingerprint density at radius 2 is 2.19 bits per heavy atom. The topological polar surface area (TPSA) is 24.9 Å². The van der Waals surface area contributed by atoms with Gasteiger partial charge < -0.3 is 5.32 Å². The first kappa shape index (κ1) is 11.1. The van der Waals surface area contributed by atoms with Crippen LogP contribution < -0.4 is 5.32 Å². The van der Waals surface area contributed by atoms with Crippen LogP contribution in [0, 0.1) is 5.82 Å². The zero-order valence-corrected chi connectivity index (χ0v) is 10.0. The van der Waals surface area contributed by atoms with E-state index in [0.717, 1.165) is 15.7 Å². The maximum Gasteiger partial charge on any atom is 0.123 e. The molecule has 1 aromatic carbocycles. The molecule has 82 valence electrons. The van der Waals surface area contributed by atoms with E-state index in [1.807, 2.05) is 12.1 Å². The fourth-order valence-electron chi connectivity index (χ4n) is 1.36. The van der Waals surface area contributed by atoms with Crippen LogP contribution in [0.4, 0.5) is 10.1 Å². The molecule has 0 spiro atoms. The van der Waals surface area contributed by atoms with Crippen LogP contribution in [-0.4, -0.2) is 4.98 Å². The second-order valence-corrected chi connectivity index (χ2v) is 4.19. The van der Waals surface area contributed by atoms with Crippen molar-refractivity contribution in [3.63, 3.8) is 0 Å². The van der Waals surface area contributed by atoms with Crippen molar-refractivity contribution in [3.8, 4) is 0 Å². The molecular weight excluding hydrogens is 271 g/mol. The molecule has 4 heteroatoms. The Morgan fingerprint density at radius 1 is 1.31 bits per heavy atom. The summed E-state index contributed by atoms with van der Waals surface area (Å²) in [5.74, 6) is -0.215. The van der Waals surface area contributed by atoms with Gasteiger partial charge in [0.05, 0.1) is 10.2 Å². The number of rotatable bonds is 3. The Bertz CT molecular complexity index is 488. The number of aromatic nitrogens is 1. The number of anilines is 1. The van der Waals surface area contributed by atoms with Gasteiger partial charge in [-0.05, 0) is 39.7 Å². The molecule has 2 nitrogen and oxygen atoms in total. The Morgan fingerprint density at radius 3 is 2.94 bits per heavy atom. The Labute approximate surface area is 102 Å². The molecule has 0 aliphatic heterocycles. The van der Waals surface area contributed by atoms with Crippen molar-refractivity contribution < 1.29 is 4.39 Å². The number of nitrogens with one attached hydrogen (secondary N) is 1. The predicted octanol–water partition coefficient (Wildman–Crippen LogP) is 3.60. The summed E-state index contributed by atoms with van der Waals surface area (Å²) in [5, 5.41) is 3.20. The molecule has 0 saturated carbocycles. The fourth-order valence-corrected chi connectivity index (χ4v) is 1.75. The van der Waals surface area contributed by atoms with Crippen LogP contribution in [-0.2, 0) is 6.54 Å². The van der Waals surface area contributed by atoms with Crippen LogP contribution in [0.2, 0.25) is 0 Å². The Kier molecular flexibility index (Phi) is 3.51. The van der Waals surface area contributed by atoms with Crippen molar-refractivity contribution in [1.82, 2.24) is 4.98 Å². The number of nitrogens with zero attached hydrogens (tertiary/aromatic N) is 1. The van der Waals surface area contributed by atoms with Gasteiger partial charge in [0, 0.05) is 18.9 Å². The summed E-state index contributed by atoms with van der Waals surface area (Å²) in [7, 11) is 0. The zero-order chi connectivity index (χ0) is 11.4. The summed E-state index contributed by atoms with van der Waals surface area (Å²) >= 11 is 3.39. The predicted molar refractivity (Wildman–Crippen MR) is 65.7 cm³/mol. The van der Waals surface area contributed by atoms with Crippen molar-refractivity contribution in [2.24, 2.45) is 0 Å². The molecular formula is C12H10BrFN2. The molecule has 0 atom stereocenters. The molecule has 0 aliphatic carbocycles. The highest BCUT2D eigenvalue weighted by Gasteiger charge is 1.99. The number of benzene rings is 1. The second kappa shape index (κ2) is 5.07. The lowest BCUT2D eigenvalue weighted by molar-refractivity contribution is 0.626. The van der Waals surface area contributed by atoms with E-state index >= 15 is 0 Å². The molecule has 0 radical (unpaired) electrons. The molecule has 0 fully saturated rings. The SMILES string of the molecule is Fc1cccc(CNc2ccncc2Br)c1. The van der Waals surface area contributed by atoms with Crippen molar-refractivity contribution in [1.29, 1.82) is 0 Å². The molecule has 0 bridgehead atoms. The summed E-state index contributed by atoms with van der Waals surface area (Å²) < 4.78 is 13.8. The van der Waals surface area contributed by atoms with Crippen molar-refractivity contribution in [2.45, 2.75) is 6.54 Å². The first-order valence-corrected chi connectivity index (χ1v) is 5.63. The van der Waals surface area contributed by atoms with Crippen molar-refractivity contribution in [2.75, 3.05) is 5.32 Å². The molecule has 2 aromatic rings. The minimum atomic E-state index is -0.215. The second-order valence-electron chi connectivity index (χ2n) is 3.34. The number of pyridine rings is 1. The summed E-state index contributed by atoms with van der Waals surface area (Å²) in [6.45, 7) is 0.584. The van der Waals surface area contributed by atoms with E-state index in [1.165, 1.54) is 12.1 Å². The first-order valence-electron chi connectivity index (χ1n) is 4.83. The average molecular weight is 281 g/mol. The number of hydrogen-bond donors (Lipinski definition) is 1. The van der Waals surface area contributed by atoms with Gasteiger partial charge in [0.15, 0.2) is 0 Å². The number of hydrogen-bond acceptors (Lipinski definition) is 2. The van der Waals surface area contributed by atoms with Gasteiger partial charge in [-0.1, -0.05) is 12.1 Å². The number of halogens is 2. The van der Waals surface area contributed by atoms with Crippen molar-refractivity contribution in [3.05, 3.63) is 58.6 Å². The van der Waals surface area contributed by atoms with Gasteiger partial charge in [-0.25, -0.2) is 4.39 Å². The molecule has 0 amide bonds. The molecule has 1 N–H and O–H groups in total. The van der Waals surface area contributed by atoms with E-state index in [1.54, 1.807) is 18.5 Å². The maximum atomic E-state index is 12.9. The van der Waals surface area contributed by atoms with Gasteiger partial charge in [-0.15, -0.1) is 0 Å². The molecule has 0 aliphatic rings. The highest BCUT2D eigenvalue weighted by Crippen LogP contribution is 2.20. The van der Waals surface area contributed by atoms with E-state index in [9.17, 15) is 4.39 Å². The van der Waals surface area contributed by atoms with Crippen molar-refractivity contribution >= 4 is 21.6 Å². The standard InChI is InChI=1S/C12H10BrFN2/c13-11-8-15-5-4-12(11)16-7-9-2-1-3-10(14)6-9/h1-6,8H,7H2,(H,15,16). The van der Waals surface area contributed by atoms with E-state index in [2.05, 4.69) is 26.2 Å². The lowest BCUT2D eigenvalue weighted by atomic mass is 10.2. The maximum absolute atomic E-state index is 12.9. The molecule has 1 heterocycles. The first-order chi connectivity index (χ1) is 7.75. The highest BCUT2D eigenvalue weighted by molar-refractivity contribution is 9.10. The minimum Gasteiger partial charge on any atom is -0.380 e. The van der Waals surface area contributed by atoms with Gasteiger partial charge in [0.25, 0.3) is 0 Å². The highest BCUT2D eigenvalue weighted by atomic mass is 79.9. The third-order valence-electron chi connectivity index (χ3n) is 2.14. The normalized spacial score (nSPS) is 10.1. The molecule has 0 unspecified atom stereocenters. The van der Waals surface area contributed by atoms with Gasteiger partial charge in [0.2, 0.25) is 0 Å². The van der Waals surface area contributed by atoms with Crippen LogP contribution in [0.15, 0.2) is 47.2 Å². The van der Waals surface area contributed by atoms with Crippen LogP contribution in [0.5, 0.6) is 0 Å². The monoisotopic (exact) mass is 280 g/mol. The van der Waals surface area contributed by atoms with Crippen LogP contribution in [0.3, 0.4) is 0 Å². The van der Waals surface area contributed by atoms with Gasteiger partial charge in [-0.3, -0.25) is 4.98 Å². The summed E-state index contributed by atoms with van der Waals surface area (Å²) in [4.78, 5) is 3.97. The Balaban J connectivity index is 2.05. The zero-order valence-electron chi connectivity index (χ0n) is 8.45. The third kappa shape index (κ3) is 2.79. The van der Waals surface area contributed by atoms with E-state index in [0.29, 0.717) is 6.54 Å². The van der Waals surface area contributed by atoms with Crippen LogP contribution in [0.25, 0.3) is 0 Å². The van der Waals surface area contributed by atoms with E-state index in [4.69, 9.17) is 0 Å². The van der Waals surface area contributed by atoms with E-state index < -0.39 is 0 Å². The fraction of sp³-hybridized carbons (Fsp3) is 0.0833. The van der Waals surface area contributed by atoms with Crippen LogP contribution in [0.1, 0.15) is 5.56 Å². The average Bonchev–Trinajstić information content (AvgIpc) is 2.28. The van der Waals surface area contributed by atoms with E-state index in [-0.39, 0.29) is 5.82 Å². The lowest BCUT2D eigenvalue weighted by Crippen LogP contribution is -2.00. The van der Waals surface area contributed by atoms with Gasteiger partial charge in [-0.2, -0.15) is 0 Å². The molecule has 16 heavy (non-hydrogen) atoms. The smallest absolute Gasteiger partial charge is 0.123 e. The summed E-state index contributed by atoms with van der Waals surface area (Å²) in [5.41, 5.74) is 1.85. The van der Waals surface area contributed by atoms with Gasteiger partial charge >= 0.3 is 0 Å². The minimum absolute atomic E-state index is 0.215. The molecule has 1 aromatic heterocycles.